The highest BCUT2D eigenvalue weighted by atomic mass is 16.5. The van der Waals surface area contributed by atoms with E-state index >= 15 is 0 Å². The molecule has 0 atom stereocenters. The molecule has 36 heavy (non-hydrogen) atoms. The second-order valence-electron chi connectivity index (χ2n) is 9.26. The van der Waals surface area contributed by atoms with Crippen molar-refractivity contribution in [2.45, 2.75) is 38.1 Å². The van der Waals surface area contributed by atoms with E-state index in [2.05, 4.69) is 69.5 Å². The maximum atomic E-state index is 5.26. The molecule has 6 nitrogen and oxygen atoms in total. The molecule has 0 saturated heterocycles. The van der Waals surface area contributed by atoms with Crippen molar-refractivity contribution in [3.63, 3.8) is 0 Å². The third-order valence-electron chi connectivity index (χ3n) is 6.83. The van der Waals surface area contributed by atoms with Gasteiger partial charge >= 0.3 is 0 Å². The first-order valence-electron chi connectivity index (χ1n) is 12.6. The van der Waals surface area contributed by atoms with E-state index in [1.807, 2.05) is 24.3 Å². The Morgan fingerprint density at radius 1 is 0.917 bits per heavy atom. The summed E-state index contributed by atoms with van der Waals surface area (Å²) in [5, 5.41) is 4.50. The van der Waals surface area contributed by atoms with E-state index in [9.17, 15) is 0 Å². The standard InChI is InChI=1S/C30H29N5O/c1-36-30-17-16-22(20-31-30)33-25-18-27-29(19-26(25)32-21-10-4-2-5-11-21)35(23-12-6-3-7-13-23)28-15-9-8-14-24(28)34-27/h3,6-9,12-21,33H,2,4-5,10-11H2,1H3/b32-26+. The molecule has 0 amide bonds. The van der Waals surface area contributed by atoms with Crippen molar-refractivity contribution in [3.8, 4) is 23.0 Å². The van der Waals surface area contributed by atoms with Crippen LogP contribution in [0.5, 0.6) is 5.88 Å². The van der Waals surface area contributed by atoms with Crippen molar-refractivity contribution >= 4 is 22.4 Å². The Labute approximate surface area is 210 Å². The van der Waals surface area contributed by atoms with Crippen LogP contribution in [0, 0.1) is 0 Å². The van der Waals surface area contributed by atoms with Crippen LogP contribution in [0.3, 0.4) is 0 Å². The third-order valence-corrected chi connectivity index (χ3v) is 6.83. The van der Waals surface area contributed by atoms with E-state index in [4.69, 9.17) is 14.7 Å². The molecule has 0 unspecified atom stereocenters. The summed E-state index contributed by atoms with van der Waals surface area (Å²) in [5.41, 5.74) is 6.87. The second kappa shape index (κ2) is 9.82. The van der Waals surface area contributed by atoms with E-state index in [1.165, 1.54) is 19.3 Å². The molecule has 3 aromatic rings. The highest BCUT2D eigenvalue weighted by Gasteiger charge is 2.18. The minimum Gasteiger partial charge on any atom is -0.481 e. The fraction of sp³-hybridized carbons (Fsp3) is 0.233. The molecule has 1 N–H and O–H groups in total. The number of aromatic nitrogens is 3. The molecule has 1 aromatic heterocycles. The lowest BCUT2D eigenvalue weighted by atomic mass is 9.96. The number of pyridine rings is 1. The van der Waals surface area contributed by atoms with Crippen LogP contribution in [0.25, 0.3) is 28.1 Å². The van der Waals surface area contributed by atoms with E-state index < -0.39 is 0 Å². The van der Waals surface area contributed by atoms with Gasteiger partial charge in [-0.25, -0.2) is 9.97 Å². The molecule has 2 heterocycles. The average Bonchev–Trinajstić information content (AvgIpc) is 2.93. The largest absolute Gasteiger partial charge is 0.481 e. The second-order valence-corrected chi connectivity index (χ2v) is 9.26. The molecule has 0 bridgehead atoms. The van der Waals surface area contributed by atoms with Crippen LogP contribution in [0.2, 0.25) is 0 Å². The van der Waals surface area contributed by atoms with Gasteiger partial charge in [-0.3, -0.25) is 4.99 Å². The Kier molecular flexibility index (Phi) is 6.08. The molecule has 1 aliphatic heterocycles. The third kappa shape index (κ3) is 4.42. The molecule has 0 spiro atoms. The Morgan fingerprint density at radius 3 is 2.50 bits per heavy atom. The van der Waals surface area contributed by atoms with Crippen molar-refractivity contribution in [3.05, 3.63) is 90.4 Å². The highest BCUT2D eigenvalue weighted by molar-refractivity contribution is 5.84. The number of para-hydroxylation sites is 3. The van der Waals surface area contributed by atoms with Crippen LogP contribution in [0.1, 0.15) is 32.1 Å². The summed E-state index contributed by atoms with van der Waals surface area (Å²) in [6.07, 6.45) is 7.83. The lowest BCUT2D eigenvalue weighted by Crippen LogP contribution is -2.19. The van der Waals surface area contributed by atoms with Crippen molar-refractivity contribution in [1.29, 1.82) is 0 Å². The molecule has 6 heteroatoms. The van der Waals surface area contributed by atoms with Gasteiger partial charge in [-0.1, -0.05) is 49.6 Å². The van der Waals surface area contributed by atoms with Gasteiger partial charge in [-0.15, -0.1) is 0 Å². The molecule has 1 fully saturated rings. The molecule has 2 aromatic carbocycles. The summed E-state index contributed by atoms with van der Waals surface area (Å²) in [6.45, 7) is 0. The van der Waals surface area contributed by atoms with Gasteiger partial charge in [-0.2, -0.15) is 0 Å². The van der Waals surface area contributed by atoms with Gasteiger partial charge in [0, 0.05) is 11.8 Å². The smallest absolute Gasteiger partial charge is 0.213 e. The van der Waals surface area contributed by atoms with E-state index in [0.29, 0.717) is 11.9 Å². The summed E-state index contributed by atoms with van der Waals surface area (Å²) in [6, 6.07) is 27.2. The molecule has 2 aliphatic carbocycles. The van der Waals surface area contributed by atoms with E-state index in [0.717, 1.165) is 57.7 Å². The predicted molar refractivity (Wildman–Crippen MR) is 144 cm³/mol. The van der Waals surface area contributed by atoms with Gasteiger partial charge in [-0.05, 0) is 55.3 Å². The maximum Gasteiger partial charge on any atom is 0.213 e. The van der Waals surface area contributed by atoms with Gasteiger partial charge < -0.3 is 14.6 Å². The maximum absolute atomic E-state index is 5.26. The molecule has 3 aliphatic rings. The normalized spacial score (nSPS) is 14.9. The minimum atomic E-state index is 0.337. The summed E-state index contributed by atoms with van der Waals surface area (Å²) >= 11 is 0. The quantitative estimate of drug-likeness (QED) is 0.294. The summed E-state index contributed by atoms with van der Waals surface area (Å²) in [4.78, 5) is 14.7. The molecular formula is C30H29N5O. The van der Waals surface area contributed by atoms with Gasteiger partial charge in [0.1, 0.15) is 0 Å². The van der Waals surface area contributed by atoms with Crippen molar-refractivity contribution in [2.75, 3.05) is 12.4 Å². The fourth-order valence-electron chi connectivity index (χ4n) is 5.04. The van der Waals surface area contributed by atoms with Gasteiger partial charge in [0.15, 0.2) is 0 Å². The zero-order valence-corrected chi connectivity index (χ0v) is 20.4. The van der Waals surface area contributed by atoms with Crippen LogP contribution in [-0.2, 0) is 0 Å². The Balaban J connectivity index is 1.58. The zero-order valence-electron chi connectivity index (χ0n) is 20.4. The first-order chi connectivity index (χ1) is 17.8. The molecule has 1 saturated carbocycles. The average molecular weight is 476 g/mol. The number of nitrogens with zero attached hydrogens (tertiary/aromatic N) is 4. The van der Waals surface area contributed by atoms with Crippen molar-refractivity contribution < 1.29 is 4.74 Å². The highest BCUT2D eigenvalue weighted by Crippen LogP contribution is 2.31. The number of anilines is 2. The van der Waals surface area contributed by atoms with Crippen LogP contribution in [0.4, 0.5) is 11.4 Å². The van der Waals surface area contributed by atoms with Crippen LogP contribution in [0.15, 0.2) is 90.1 Å². The molecule has 0 radical (unpaired) electrons. The Morgan fingerprint density at radius 2 is 1.72 bits per heavy atom. The van der Waals surface area contributed by atoms with Crippen LogP contribution in [-0.4, -0.2) is 27.7 Å². The zero-order chi connectivity index (χ0) is 24.3. The van der Waals surface area contributed by atoms with Crippen LogP contribution >= 0.6 is 0 Å². The number of rotatable bonds is 5. The first-order valence-corrected chi connectivity index (χ1v) is 12.6. The van der Waals surface area contributed by atoms with Gasteiger partial charge in [0.25, 0.3) is 0 Å². The topological polar surface area (TPSA) is 64.3 Å². The summed E-state index contributed by atoms with van der Waals surface area (Å²) in [7, 11) is 1.62. The number of nitrogens with one attached hydrogen (secondary N) is 1. The SMILES string of the molecule is COc1ccc(Nc2cc3nc4ccccc4n(-c4ccccc4)c-3c/c2=N\C2CCCCC2)cn1. The summed E-state index contributed by atoms with van der Waals surface area (Å²) in [5.74, 6) is 0.586. The first kappa shape index (κ1) is 22.3. The predicted octanol–water partition coefficient (Wildman–Crippen LogP) is 6.51. The van der Waals surface area contributed by atoms with E-state index in [1.54, 1.807) is 13.3 Å². The van der Waals surface area contributed by atoms with Gasteiger partial charge in [0.2, 0.25) is 5.88 Å². The minimum absolute atomic E-state index is 0.337. The Bertz CT molecular complexity index is 1520. The fourth-order valence-corrected chi connectivity index (χ4v) is 5.04. The monoisotopic (exact) mass is 475 g/mol. The van der Waals surface area contributed by atoms with Gasteiger partial charge in [0.05, 0.1) is 58.5 Å². The van der Waals surface area contributed by atoms with E-state index in [-0.39, 0.29) is 0 Å². The van der Waals surface area contributed by atoms with Crippen molar-refractivity contribution in [2.24, 2.45) is 4.99 Å². The van der Waals surface area contributed by atoms with Crippen LogP contribution < -0.4 is 15.4 Å². The molecular weight excluding hydrogens is 446 g/mol. The number of methoxy groups -OCH3 is 1. The molecule has 6 rings (SSSR count). The lowest BCUT2D eigenvalue weighted by molar-refractivity contribution is 0.398. The summed E-state index contributed by atoms with van der Waals surface area (Å²) < 4.78 is 7.52. The number of ether oxygens (including phenoxy) is 1. The lowest BCUT2D eigenvalue weighted by Gasteiger charge is -2.21. The number of hydrogen-bond donors (Lipinski definition) is 1. The number of fused-ring (bicyclic) bond motifs is 2. The number of hydrogen-bond acceptors (Lipinski definition) is 5. The molecule has 180 valence electrons. The number of benzene rings is 3. The Hall–Kier alpha value is -4.19. The van der Waals surface area contributed by atoms with Crippen molar-refractivity contribution in [1.82, 2.24) is 14.5 Å².